The molecule has 3 rings (SSSR count). The highest BCUT2D eigenvalue weighted by Gasteiger charge is 2.21. The van der Waals surface area contributed by atoms with Gasteiger partial charge in [-0.25, -0.2) is 4.98 Å². The van der Waals surface area contributed by atoms with Crippen molar-refractivity contribution in [3.63, 3.8) is 0 Å². The molecule has 2 aromatic heterocycles. The first-order chi connectivity index (χ1) is 10.7. The number of nitrogens with one attached hydrogen (secondary N) is 1. The largest absolute Gasteiger partial charge is 0.426 e. The van der Waals surface area contributed by atoms with Gasteiger partial charge in [0, 0.05) is 23.6 Å². The van der Waals surface area contributed by atoms with Crippen LogP contribution in [0.15, 0.2) is 54.9 Å². The monoisotopic (exact) mass is 294 g/mol. The third kappa shape index (κ3) is 2.54. The summed E-state index contributed by atoms with van der Waals surface area (Å²) < 4.78 is 0.796. The molecule has 0 saturated heterocycles. The highest BCUT2D eigenvalue weighted by Crippen LogP contribution is 2.21. The van der Waals surface area contributed by atoms with Crippen molar-refractivity contribution in [2.45, 2.75) is 6.92 Å². The Bertz CT molecular complexity index is 798. The van der Waals surface area contributed by atoms with Crippen LogP contribution in [0.3, 0.4) is 0 Å². The van der Waals surface area contributed by atoms with E-state index in [1.165, 1.54) is 0 Å². The van der Waals surface area contributed by atoms with E-state index in [2.05, 4.69) is 15.3 Å². The normalized spacial score (nSPS) is 10.4. The van der Waals surface area contributed by atoms with Gasteiger partial charge in [0.2, 0.25) is 0 Å². The first-order valence-electron chi connectivity index (χ1n) is 6.72. The van der Waals surface area contributed by atoms with Crippen molar-refractivity contribution in [3.05, 3.63) is 66.2 Å². The third-order valence-electron chi connectivity index (χ3n) is 3.20. The van der Waals surface area contributed by atoms with Crippen molar-refractivity contribution < 1.29 is 10.0 Å². The molecule has 1 amide bonds. The van der Waals surface area contributed by atoms with Gasteiger partial charge in [-0.3, -0.25) is 9.78 Å². The molecule has 110 valence electrons. The van der Waals surface area contributed by atoms with Gasteiger partial charge in [0.1, 0.15) is 0 Å². The number of nitrogens with zero attached hydrogens (tertiary/aromatic N) is 3. The molecule has 0 unspecified atom stereocenters. The minimum atomic E-state index is -0.422. The number of aromatic nitrogens is 3. The first-order valence-corrected chi connectivity index (χ1v) is 6.72. The van der Waals surface area contributed by atoms with Crippen molar-refractivity contribution in [2.24, 2.45) is 0 Å². The average molecular weight is 294 g/mol. The van der Waals surface area contributed by atoms with Crippen molar-refractivity contribution >= 4 is 11.6 Å². The third-order valence-corrected chi connectivity index (χ3v) is 3.20. The van der Waals surface area contributed by atoms with Crippen LogP contribution in [0.1, 0.15) is 16.2 Å². The number of amides is 1. The molecular weight excluding hydrogens is 280 g/mol. The smallest absolute Gasteiger partial charge is 0.277 e. The Kier molecular flexibility index (Phi) is 3.57. The predicted molar refractivity (Wildman–Crippen MR) is 81.8 cm³/mol. The van der Waals surface area contributed by atoms with Gasteiger partial charge in [-0.05, 0) is 31.2 Å². The molecule has 0 atom stereocenters. The fourth-order valence-corrected chi connectivity index (χ4v) is 2.17. The minimum absolute atomic E-state index is 0.0997. The molecule has 0 aliphatic carbocycles. The second-order valence-electron chi connectivity index (χ2n) is 4.74. The highest BCUT2D eigenvalue weighted by atomic mass is 16.5. The predicted octanol–water partition coefficient (Wildman–Crippen LogP) is 2.74. The maximum Gasteiger partial charge on any atom is 0.277 e. The molecular formula is C16H14N4O2. The SMILES string of the molecule is Cc1nc(-c2cccnc2)n(O)c1C(=O)Nc1ccccc1. The standard InChI is InChI=1S/C16H14N4O2/c1-11-14(16(21)19-13-7-3-2-4-8-13)20(22)15(18-11)12-6-5-9-17-10-12/h2-10,22H,1H3,(H,19,21). The second-order valence-corrected chi connectivity index (χ2v) is 4.74. The molecule has 1 aromatic carbocycles. The Labute approximate surface area is 127 Å². The summed E-state index contributed by atoms with van der Waals surface area (Å²) >= 11 is 0. The first kappa shape index (κ1) is 13.8. The van der Waals surface area contributed by atoms with E-state index in [0.717, 1.165) is 4.73 Å². The molecule has 0 saturated carbocycles. The molecule has 0 aliphatic heterocycles. The summed E-state index contributed by atoms with van der Waals surface area (Å²) in [6.07, 6.45) is 3.21. The van der Waals surface area contributed by atoms with Gasteiger partial charge >= 0.3 is 0 Å². The Hall–Kier alpha value is -3.15. The number of carbonyl (C=O) groups excluding carboxylic acids is 1. The number of para-hydroxylation sites is 1. The lowest BCUT2D eigenvalue weighted by Crippen LogP contribution is -2.17. The van der Waals surface area contributed by atoms with E-state index in [-0.39, 0.29) is 11.5 Å². The zero-order valence-electron chi connectivity index (χ0n) is 11.9. The molecule has 22 heavy (non-hydrogen) atoms. The van der Waals surface area contributed by atoms with Crippen LogP contribution in [0.5, 0.6) is 0 Å². The number of hydrogen-bond acceptors (Lipinski definition) is 4. The number of benzene rings is 1. The van der Waals surface area contributed by atoms with E-state index < -0.39 is 5.91 Å². The zero-order chi connectivity index (χ0) is 15.5. The number of imidazole rings is 1. The Morgan fingerprint density at radius 2 is 1.95 bits per heavy atom. The lowest BCUT2D eigenvalue weighted by Gasteiger charge is -2.06. The Morgan fingerprint density at radius 3 is 2.64 bits per heavy atom. The average Bonchev–Trinajstić information content (AvgIpc) is 2.84. The molecule has 6 nitrogen and oxygen atoms in total. The van der Waals surface area contributed by atoms with E-state index in [0.29, 0.717) is 16.9 Å². The van der Waals surface area contributed by atoms with Crippen LogP contribution in [0.25, 0.3) is 11.4 Å². The molecule has 6 heteroatoms. The Balaban J connectivity index is 1.95. The second kappa shape index (κ2) is 5.69. The highest BCUT2D eigenvalue weighted by molar-refractivity contribution is 6.04. The van der Waals surface area contributed by atoms with Crippen LogP contribution < -0.4 is 5.32 Å². The van der Waals surface area contributed by atoms with Gasteiger partial charge in [-0.2, -0.15) is 4.73 Å². The number of pyridine rings is 1. The quantitative estimate of drug-likeness (QED) is 0.728. The summed E-state index contributed by atoms with van der Waals surface area (Å²) in [7, 11) is 0. The maximum atomic E-state index is 12.4. The summed E-state index contributed by atoms with van der Waals surface area (Å²) in [5.41, 5.74) is 1.82. The van der Waals surface area contributed by atoms with Gasteiger partial charge in [0.15, 0.2) is 11.5 Å². The molecule has 0 fully saturated rings. The number of rotatable bonds is 3. The lowest BCUT2D eigenvalue weighted by atomic mass is 10.3. The van der Waals surface area contributed by atoms with E-state index in [1.807, 2.05) is 18.2 Å². The van der Waals surface area contributed by atoms with Crippen molar-refractivity contribution in [3.8, 4) is 11.4 Å². The molecule has 2 N–H and O–H groups in total. The van der Waals surface area contributed by atoms with Gasteiger partial charge in [-0.15, -0.1) is 0 Å². The lowest BCUT2D eigenvalue weighted by molar-refractivity contribution is 0.0974. The summed E-state index contributed by atoms with van der Waals surface area (Å²) in [5, 5.41) is 13.0. The van der Waals surface area contributed by atoms with Gasteiger partial charge in [0.25, 0.3) is 5.91 Å². The zero-order valence-corrected chi connectivity index (χ0v) is 11.9. The topological polar surface area (TPSA) is 80.0 Å². The summed E-state index contributed by atoms with van der Waals surface area (Å²) in [6, 6.07) is 12.5. The fraction of sp³-hybridized carbons (Fsp3) is 0.0625. The van der Waals surface area contributed by atoms with Gasteiger partial charge in [0.05, 0.1) is 5.69 Å². The Morgan fingerprint density at radius 1 is 1.18 bits per heavy atom. The number of aryl methyl sites for hydroxylation is 1. The minimum Gasteiger partial charge on any atom is -0.426 e. The number of hydrogen-bond donors (Lipinski definition) is 2. The van der Waals surface area contributed by atoms with Crippen LogP contribution in [0.2, 0.25) is 0 Å². The number of carbonyl (C=O) groups is 1. The molecule has 3 aromatic rings. The van der Waals surface area contributed by atoms with Crippen LogP contribution in [-0.4, -0.2) is 25.8 Å². The molecule has 0 spiro atoms. The molecule has 2 heterocycles. The maximum absolute atomic E-state index is 12.4. The van der Waals surface area contributed by atoms with Crippen molar-refractivity contribution in [2.75, 3.05) is 5.32 Å². The summed E-state index contributed by atoms with van der Waals surface area (Å²) in [4.78, 5) is 20.6. The van der Waals surface area contributed by atoms with Crippen LogP contribution >= 0.6 is 0 Å². The van der Waals surface area contributed by atoms with Crippen LogP contribution in [0, 0.1) is 6.92 Å². The summed E-state index contributed by atoms with van der Waals surface area (Å²) in [6.45, 7) is 1.67. The number of anilines is 1. The van der Waals surface area contributed by atoms with E-state index in [9.17, 15) is 10.0 Å². The van der Waals surface area contributed by atoms with E-state index >= 15 is 0 Å². The van der Waals surface area contributed by atoms with Gasteiger partial charge < -0.3 is 10.5 Å². The van der Waals surface area contributed by atoms with Gasteiger partial charge in [-0.1, -0.05) is 18.2 Å². The van der Waals surface area contributed by atoms with Crippen molar-refractivity contribution in [1.82, 2.24) is 14.7 Å². The molecule has 0 radical (unpaired) electrons. The fourth-order valence-electron chi connectivity index (χ4n) is 2.17. The van der Waals surface area contributed by atoms with Crippen LogP contribution in [-0.2, 0) is 0 Å². The molecule has 0 bridgehead atoms. The van der Waals surface area contributed by atoms with E-state index in [4.69, 9.17) is 0 Å². The van der Waals surface area contributed by atoms with Crippen molar-refractivity contribution in [1.29, 1.82) is 0 Å². The molecule has 0 aliphatic rings. The summed E-state index contributed by atoms with van der Waals surface area (Å²) in [5.74, 6) is -0.141. The van der Waals surface area contributed by atoms with E-state index in [1.54, 1.807) is 43.6 Å². The van der Waals surface area contributed by atoms with Crippen LogP contribution in [0.4, 0.5) is 5.69 Å².